The molecule has 0 aliphatic heterocycles. The van der Waals surface area contributed by atoms with Gasteiger partial charge in [0, 0.05) is 6.42 Å². The Kier molecular flexibility index (Phi) is 5.47. The van der Waals surface area contributed by atoms with Crippen LogP contribution in [0.5, 0.6) is 0 Å². The zero-order valence-electron chi connectivity index (χ0n) is 14.2. The van der Waals surface area contributed by atoms with Gasteiger partial charge in [0.2, 0.25) is 10.0 Å². The van der Waals surface area contributed by atoms with Crippen LogP contribution in [0.4, 0.5) is 10.1 Å². The molecule has 0 spiro atoms. The van der Waals surface area contributed by atoms with Gasteiger partial charge >= 0.3 is 5.97 Å². The summed E-state index contributed by atoms with van der Waals surface area (Å²) in [5.74, 6) is -1.80. The molecule has 0 aliphatic rings. The first-order chi connectivity index (χ1) is 11.6. The lowest BCUT2D eigenvalue weighted by Gasteiger charge is -2.29. The Balaban J connectivity index is 2.52. The number of nitrogens with zero attached hydrogens (tertiary/aromatic N) is 1. The number of benzene rings is 2. The lowest BCUT2D eigenvalue weighted by molar-refractivity contribution is -0.138. The fraction of sp³-hybridized carbons (Fsp3) is 0.278. The minimum atomic E-state index is -3.89. The highest BCUT2D eigenvalue weighted by Crippen LogP contribution is 2.25. The Bertz CT molecular complexity index is 878. The monoisotopic (exact) mass is 365 g/mol. The molecule has 1 atom stereocenters. The third kappa shape index (κ3) is 4.36. The Morgan fingerprint density at radius 3 is 2.28 bits per heavy atom. The van der Waals surface area contributed by atoms with Crippen LogP contribution < -0.4 is 4.31 Å². The van der Waals surface area contributed by atoms with Crippen LogP contribution in [0, 0.1) is 19.7 Å². The standard InChI is InChI=1S/C18H20FNO4S/c1-12-5-4-6-14(13(12)2)11-17(18(21)22)20(25(3,23)24)16-9-7-15(19)8-10-16/h4-10,17H,11H2,1-3H3,(H,21,22)/t17-/m0/s1. The molecule has 0 aliphatic carbocycles. The maximum Gasteiger partial charge on any atom is 0.327 e. The molecule has 0 heterocycles. The second kappa shape index (κ2) is 7.23. The van der Waals surface area contributed by atoms with Crippen molar-refractivity contribution in [2.24, 2.45) is 0 Å². The fourth-order valence-corrected chi connectivity index (χ4v) is 3.83. The van der Waals surface area contributed by atoms with Crippen molar-refractivity contribution < 1.29 is 22.7 Å². The summed E-state index contributed by atoms with van der Waals surface area (Å²) in [7, 11) is -3.89. The number of aliphatic carboxylic acids is 1. The van der Waals surface area contributed by atoms with E-state index in [4.69, 9.17) is 0 Å². The number of sulfonamides is 1. The topological polar surface area (TPSA) is 74.7 Å². The predicted molar refractivity (Wildman–Crippen MR) is 94.8 cm³/mol. The number of anilines is 1. The molecule has 0 bridgehead atoms. The molecule has 0 saturated heterocycles. The highest BCUT2D eigenvalue weighted by atomic mass is 32.2. The molecule has 2 rings (SSSR count). The summed E-state index contributed by atoms with van der Waals surface area (Å²) in [5.41, 5.74) is 2.78. The second-order valence-corrected chi connectivity index (χ2v) is 7.81. The molecular weight excluding hydrogens is 345 g/mol. The van der Waals surface area contributed by atoms with Gasteiger partial charge in [0.25, 0.3) is 0 Å². The van der Waals surface area contributed by atoms with Crippen molar-refractivity contribution in [2.75, 3.05) is 10.6 Å². The van der Waals surface area contributed by atoms with E-state index in [0.29, 0.717) is 0 Å². The van der Waals surface area contributed by atoms with Gasteiger partial charge in [-0.3, -0.25) is 4.31 Å². The molecule has 0 aromatic heterocycles. The molecule has 0 unspecified atom stereocenters. The van der Waals surface area contributed by atoms with Gasteiger partial charge in [-0.15, -0.1) is 0 Å². The number of carboxylic acids is 1. The van der Waals surface area contributed by atoms with Crippen molar-refractivity contribution in [1.82, 2.24) is 0 Å². The fourth-order valence-electron chi connectivity index (χ4n) is 2.70. The van der Waals surface area contributed by atoms with E-state index in [1.165, 1.54) is 12.1 Å². The molecule has 5 nitrogen and oxygen atoms in total. The van der Waals surface area contributed by atoms with E-state index >= 15 is 0 Å². The first kappa shape index (κ1) is 18.9. The maximum absolute atomic E-state index is 13.2. The average Bonchev–Trinajstić information content (AvgIpc) is 2.51. The van der Waals surface area contributed by atoms with Gasteiger partial charge < -0.3 is 5.11 Å². The summed E-state index contributed by atoms with van der Waals surface area (Å²) < 4.78 is 38.5. The van der Waals surface area contributed by atoms with Crippen LogP contribution >= 0.6 is 0 Å². The van der Waals surface area contributed by atoms with Gasteiger partial charge in [-0.05, 0) is 54.8 Å². The third-order valence-corrected chi connectivity index (χ3v) is 5.32. The SMILES string of the molecule is Cc1cccc(C[C@@H](C(=O)O)N(c2ccc(F)cc2)S(C)(=O)=O)c1C. The first-order valence-electron chi connectivity index (χ1n) is 7.64. The van der Waals surface area contributed by atoms with Crippen molar-refractivity contribution >= 4 is 21.7 Å². The van der Waals surface area contributed by atoms with Crippen molar-refractivity contribution in [1.29, 1.82) is 0 Å². The van der Waals surface area contributed by atoms with Gasteiger partial charge in [0.15, 0.2) is 0 Å². The van der Waals surface area contributed by atoms with E-state index in [2.05, 4.69) is 0 Å². The quantitative estimate of drug-likeness (QED) is 0.854. The summed E-state index contributed by atoms with van der Waals surface area (Å²) >= 11 is 0. The second-order valence-electron chi connectivity index (χ2n) is 5.95. The van der Waals surface area contributed by atoms with E-state index in [9.17, 15) is 22.7 Å². The molecule has 25 heavy (non-hydrogen) atoms. The van der Waals surface area contributed by atoms with Crippen LogP contribution in [0.15, 0.2) is 42.5 Å². The third-order valence-electron chi connectivity index (χ3n) is 4.14. The summed E-state index contributed by atoms with van der Waals surface area (Å²) in [4.78, 5) is 11.8. The summed E-state index contributed by atoms with van der Waals surface area (Å²) in [6, 6.07) is 8.88. The zero-order valence-corrected chi connectivity index (χ0v) is 15.0. The normalized spacial score (nSPS) is 12.6. The van der Waals surface area contributed by atoms with Gasteiger partial charge in [-0.1, -0.05) is 18.2 Å². The molecule has 2 aromatic rings. The number of carboxylic acid groups (broad SMARTS) is 1. The molecule has 2 aromatic carbocycles. The van der Waals surface area contributed by atoms with E-state index in [1.807, 2.05) is 19.9 Å². The highest BCUT2D eigenvalue weighted by molar-refractivity contribution is 7.92. The summed E-state index contributed by atoms with van der Waals surface area (Å²) in [5, 5.41) is 9.66. The number of halogens is 1. The number of rotatable bonds is 6. The molecule has 7 heteroatoms. The smallest absolute Gasteiger partial charge is 0.327 e. The van der Waals surface area contributed by atoms with Gasteiger partial charge in [0.1, 0.15) is 11.9 Å². The molecule has 0 saturated carbocycles. The lowest BCUT2D eigenvalue weighted by atomic mass is 9.97. The number of hydrogen-bond donors (Lipinski definition) is 1. The van der Waals surface area contributed by atoms with Crippen molar-refractivity contribution in [3.8, 4) is 0 Å². The van der Waals surface area contributed by atoms with Crippen LogP contribution in [-0.2, 0) is 21.2 Å². The Morgan fingerprint density at radius 1 is 1.16 bits per heavy atom. The Labute approximate surface area is 146 Å². The molecule has 0 fully saturated rings. The Morgan fingerprint density at radius 2 is 1.76 bits per heavy atom. The van der Waals surface area contributed by atoms with Crippen LogP contribution in [0.1, 0.15) is 16.7 Å². The van der Waals surface area contributed by atoms with Crippen LogP contribution in [-0.4, -0.2) is 31.8 Å². The largest absolute Gasteiger partial charge is 0.480 e. The van der Waals surface area contributed by atoms with Gasteiger partial charge in [-0.2, -0.15) is 0 Å². The van der Waals surface area contributed by atoms with E-state index in [-0.39, 0.29) is 12.1 Å². The van der Waals surface area contributed by atoms with E-state index in [0.717, 1.165) is 39.4 Å². The molecular formula is C18H20FNO4S. The molecule has 1 N–H and O–H groups in total. The van der Waals surface area contributed by atoms with Crippen molar-refractivity contribution in [3.63, 3.8) is 0 Å². The minimum absolute atomic E-state index is 0.00724. The zero-order chi connectivity index (χ0) is 18.8. The number of aryl methyl sites for hydroxylation is 1. The summed E-state index contributed by atoms with van der Waals surface area (Å²) in [6.07, 6.45) is 0.947. The van der Waals surface area contributed by atoms with Crippen molar-refractivity contribution in [3.05, 3.63) is 65.0 Å². The summed E-state index contributed by atoms with van der Waals surface area (Å²) in [6.45, 7) is 3.77. The molecule has 0 amide bonds. The van der Waals surface area contributed by atoms with Crippen molar-refractivity contribution in [2.45, 2.75) is 26.3 Å². The minimum Gasteiger partial charge on any atom is -0.480 e. The number of hydrogen-bond acceptors (Lipinski definition) is 3. The highest BCUT2D eigenvalue weighted by Gasteiger charge is 2.33. The average molecular weight is 365 g/mol. The van der Waals surface area contributed by atoms with E-state index in [1.54, 1.807) is 12.1 Å². The van der Waals surface area contributed by atoms with Crippen LogP contribution in [0.2, 0.25) is 0 Å². The molecule has 134 valence electrons. The van der Waals surface area contributed by atoms with Crippen LogP contribution in [0.25, 0.3) is 0 Å². The molecule has 0 radical (unpaired) electrons. The maximum atomic E-state index is 13.2. The van der Waals surface area contributed by atoms with Gasteiger partial charge in [-0.25, -0.2) is 17.6 Å². The van der Waals surface area contributed by atoms with Gasteiger partial charge in [0.05, 0.1) is 11.9 Å². The lowest BCUT2D eigenvalue weighted by Crippen LogP contribution is -2.46. The van der Waals surface area contributed by atoms with Crippen LogP contribution in [0.3, 0.4) is 0 Å². The predicted octanol–water partition coefficient (Wildman–Crippen LogP) is 2.90. The number of carbonyl (C=O) groups is 1. The Hall–Kier alpha value is -2.41. The van der Waals surface area contributed by atoms with E-state index < -0.39 is 27.9 Å². The first-order valence-corrected chi connectivity index (χ1v) is 9.49.